The Labute approximate surface area is 152 Å². The third-order valence-electron chi connectivity index (χ3n) is 5.42. The molecule has 2 aromatic heterocycles. The van der Waals surface area contributed by atoms with Crippen molar-refractivity contribution in [3.8, 4) is 0 Å². The Morgan fingerprint density at radius 2 is 2.16 bits per heavy atom. The molecule has 2 aliphatic rings. The highest BCUT2D eigenvalue weighted by Gasteiger charge is 2.42. The zero-order valence-corrected chi connectivity index (χ0v) is 15.5. The first-order valence-corrected chi connectivity index (χ1v) is 9.78. The van der Waals surface area contributed by atoms with Gasteiger partial charge in [-0.25, -0.2) is 4.98 Å². The molecule has 0 N–H and O–H groups in total. The van der Waals surface area contributed by atoms with Crippen LogP contribution >= 0.6 is 11.3 Å². The maximum absolute atomic E-state index is 12.7. The van der Waals surface area contributed by atoms with Crippen molar-refractivity contribution in [1.82, 2.24) is 19.8 Å². The van der Waals surface area contributed by atoms with Crippen molar-refractivity contribution >= 4 is 17.2 Å². The number of piperidine rings is 1. The molecule has 5 nitrogen and oxygen atoms in total. The van der Waals surface area contributed by atoms with Crippen molar-refractivity contribution in [3.63, 3.8) is 0 Å². The van der Waals surface area contributed by atoms with Crippen molar-refractivity contribution in [2.45, 2.75) is 32.7 Å². The van der Waals surface area contributed by atoms with Crippen LogP contribution in [0.5, 0.6) is 0 Å². The number of likely N-dealkylation sites (tertiary alicyclic amines) is 2. The predicted molar refractivity (Wildman–Crippen MR) is 98.6 cm³/mol. The summed E-state index contributed by atoms with van der Waals surface area (Å²) in [5.74, 6) is 0.0273. The van der Waals surface area contributed by atoms with E-state index < -0.39 is 0 Å². The molecule has 4 heterocycles. The molecule has 1 spiro atoms. The minimum Gasteiger partial charge on any atom is -0.337 e. The Hall–Kier alpha value is -1.79. The van der Waals surface area contributed by atoms with Gasteiger partial charge in [-0.15, -0.1) is 11.3 Å². The monoisotopic (exact) mass is 356 g/mol. The molecule has 2 fully saturated rings. The fourth-order valence-corrected chi connectivity index (χ4v) is 5.17. The van der Waals surface area contributed by atoms with E-state index in [9.17, 15) is 4.79 Å². The lowest BCUT2D eigenvalue weighted by Gasteiger charge is -2.40. The summed E-state index contributed by atoms with van der Waals surface area (Å²) >= 11 is 1.89. The van der Waals surface area contributed by atoms with Crippen LogP contribution in [0, 0.1) is 12.3 Å². The van der Waals surface area contributed by atoms with Gasteiger partial charge in [0.1, 0.15) is 5.69 Å². The predicted octanol–water partition coefficient (Wildman–Crippen LogP) is 2.97. The van der Waals surface area contributed by atoms with Gasteiger partial charge in [0, 0.05) is 53.7 Å². The lowest BCUT2D eigenvalue weighted by atomic mass is 9.79. The topological polar surface area (TPSA) is 49.3 Å². The number of nitrogens with zero attached hydrogens (tertiary/aromatic N) is 4. The molecule has 0 bridgehead atoms. The van der Waals surface area contributed by atoms with Crippen molar-refractivity contribution in [2.24, 2.45) is 5.41 Å². The molecule has 1 atom stereocenters. The number of rotatable bonds is 3. The van der Waals surface area contributed by atoms with E-state index in [1.54, 1.807) is 18.6 Å². The summed E-state index contributed by atoms with van der Waals surface area (Å²) in [5, 5.41) is 0. The van der Waals surface area contributed by atoms with Gasteiger partial charge in [0.15, 0.2) is 0 Å². The fourth-order valence-electron chi connectivity index (χ4n) is 4.24. The zero-order chi connectivity index (χ0) is 17.3. The lowest BCUT2D eigenvalue weighted by Crippen LogP contribution is -2.47. The number of aromatic nitrogens is 2. The second-order valence-electron chi connectivity index (χ2n) is 7.39. The molecule has 0 saturated carbocycles. The van der Waals surface area contributed by atoms with E-state index in [2.05, 4.69) is 33.9 Å². The smallest absolute Gasteiger partial charge is 0.274 e. The molecule has 2 aromatic rings. The largest absolute Gasteiger partial charge is 0.337 e. The summed E-state index contributed by atoms with van der Waals surface area (Å²) in [7, 11) is 0. The lowest BCUT2D eigenvalue weighted by molar-refractivity contribution is 0.0521. The first kappa shape index (κ1) is 16.7. The zero-order valence-electron chi connectivity index (χ0n) is 14.6. The van der Waals surface area contributed by atoms with Gasteiger partial charge in [0.2, 0.25) is 0 Å². The Morgan fingerprint density at radius 1 is 1.24 bits per heavy atom. The van der Waals surface area contributed by atoms with Crippen LogP contribution in [0.4, 0.5) is 0 Å². The summed E-state index contributed by atoms with van der Waals surface area (Å²) in [6.45, 7) is 7.11. The Balaban J connectivity index is 1.41. The van der Waals surface area contributed by atoms with Crippen molar-refractivity contribution in [2.75, 3.05) is 26.2 Å². The van der Waals surface area contributed by atoms with Crippen molar-refractivity contribution in [1.29, 1.82) is 0 Å². The number of amides is 1. The molecule has 0 radical (unpaired) electrons. The van der Waals surface area contributed by atoms with Gasteiger partial charge in [0.05, 0.1) is 6.20 Å². The molecule has 0 aliphatic carbocycles. The Bertz CT molecular complexity index is 747. The van der Waals surface area contributed by atoms with Crippen LogP contribution in [0.3, 0.4) is 0 Å². The first-order chi connectivity index (χ1) is 12.1. The number of carbonyl (C=O) groups is 1. The molecule has 0 aromatic carbocycles. The SMILES string of the molecule is Cc1ccc(CN2CC[C@]3(CCCN(C(=O)c4cnccn4)C3)C2)s1. The highest BCUT2D eigenvalue weighted by molar-refractivity contribution is 7.11. The van der Waals surface area contributed by atoms with E-state index in [0.717, 1.165) is 39.1 Å². The number of hydrogen-bond acceptors (Lipinski definition) is 5. The fraction of sp³-hybridized carbons (Fsp3) is 0.526. The second-order valence-corrected chi connectivity index (χ2v) is 8.77. The van der Waals surface area contributed by atoms with Crippen molar-refractivity contribution in [3.05, 3.63) is 46.2 Å². The average molecular weight is 356 g/mol. The quantitative estimate of drug-likeness (QED) is 0.848. The summed E-state index contributed by atoms with van der Waals surface area (Å²) in [6.07, 6.45) is 8.25. The van der Waals surface area contributed by atoms with Crippen LogP contribution in [0.25, 0.3) is 0 Å². The third kappa shape index (κ3) is 3.60. The van der Waals surface area contributed by atoms with Gasteiger partial charge >= 0.3 is 0 Å². The molecule has 2 aliphatic heterocycles. The van der Waals surface area contributed by atoms with Crippen molar-refractivity contribution < 1.29 is 4.79 Å². The Morgan fingerprint density at radius 3 is 2.92 bits per heavy atom. The Kier molecular flexibility index (Phi) is 4.56. The molecule has 132 valence electrons. The van der Waals surface area contributed by atoms with Gasteiger partial charge in [-0.05, 0) is 44.9 Å². The van der Waals surface area contributed by atoms with Gasteiger partial charge in [0.25, 0.3) is 5.91 Å². The molecular formula is C19H24N4OS. The number of carbonyl (C=O) groups excluding carboxylic acids is 1. The second kappa shape index (κ2) is 6.84. The van der Waals surface area contributed by atoms with E-state index in [4.69, 9.17) is 0 Å². The van der Waals surface area contributed by atoms with E-state index in [1.807, 2.05) is 16.2 Å². The van der Waals surface area contributed by atoms with Crippen LogP contribution in [-0.4, -0.2) is 51.9 Å². The molecule has 2 saturated heterocycles. The van der Waals surface area contributed by atoms with E-state index >= 15 is 0 Å². The molecule has 6 heteroatoms. The normalized spacial score (nSPS) is 24.1. The average Bonchev–Trinajstić information content (AvgIpc) is 3.21. The van der Waals surface area contributed by atoms with E-state index in [0.29, 0.717) is 5.69 Å². The summed E-state index contributed by atoms with van der Waals surface area (Å²) in [4.78, 5) is 28.3. The molecule has 25 heavy (non-hydrogen) atoms. The van der Waals surface area contributed by atoms with Gasteiger partial charge in [-0.2, -0.15) is 0 Å². The summed E-state index contributed by atoms with van der Waals surface area (Å²) < 4.78 is 0. The maximum Gasteiger partial charge on any atom is 0.274 e. The highest BCUT2D eigenvalue weighted by Crippen LogP contribution is 2.40. The van der Waals surface area contributed by atoms with Crippen LogP contribution in [0.15, 0.2) is 30.7 Å². The highest BCUT2D eigenvalue weighted by atomic mass is 32.1. The number of hydrogen-bond donors (Lipinski definition) is 0. The summed E-state index contributed by atoms with van der Waals surface area (Å²) in [6, 6.07) is 4.45. The molecular weight excluding hydrogens is 332 g/mol. The molecule has 1 amide bonds. The van der Waals surface area contributed by atoms with Gasteiger partial charge in [-0.1, -0.05) is 0 Å². The van der Waals surface area contributed by atoms with Gasteiger partial charge in [-0.3, -0.25) is 14.7 Å². The molecule has 4 rings (SSSR count). The maximum atomic E-state index is 12.7. The van der Waals surface area contributed by atoms with E-state index in [1.165, 1.54) is 22.6 Å². The third-order valence-corrected chi connectivity index (χ3v) is 6.41. The number of aryl methyl sites for hydroxylation is 1. The standard InChI is InChI=1S/C19H24N4OS/c1-15-3-4-16(25-15)12-22-10-6-19(13-22)5-2-9-23(14-19)18(24)17-11-20-7-8-21-17/h3-4,7-8,11H,2,5-6,9-10,12-14H2,1H3/t19-/m1/s1. The van der Waals surface area contributed by atoms with Crippen LogP contribution < -0.4 is 0 Å². The van der Waals surface area contributed by atoms with E-state index in [-0.39, 0.29) is 11.3 Å². The van der Waals surface area contributed by atoms with Gasteiger partial charge < -0.3 is 4.90 Å². The minimum absolute atomic E-state index is 0.0273. The minimum atomic E-state index is 0.0273. The van der Waals surface area contributed by atoms with Crippen LogP contribution in [0.2, 0.25) is 0 Å². The first-order valence-electron chi connectivity index (χ1n) is 8.97. The molecule has 0 unspecified atom stereocenters. The summed E-state index contributed by atoms with van der Waals surface area (Å²) in [5.41, 5.74) is 0.714. The van der Waals surface area contributed by atoms with Crippen LogP contribution in [0.1, 0.15) is 39.5 Å². The number of thiophene rings is 1. The van der Waals surface area contributed by atoms with Crippen LogP contribution in [-0.2, 0) is 6.54 Å².